The second kappa shape index (κ2) is 4.87. The van der Waals surface area contributed by atoms with E-state index in [1.54, 1.807) is 0 Å². The van der Waals surface area contributed by atoms with Gasteiger partial charge in [-0.2, -0.15) is 0 Å². The van der Waals surface area contributed by atoms with Gasteiger partial charge >= 0.3 is 5.69 Å². The molecule has 4 nitrogen and oxygen atoms in total. The van der Waals surface area contributed by atoms with E-state index in [1.165, 1.54) is 0 Å². The molecule has 0 bridgehead atoms. The fourth-order valence-corrected chi connectivity index (χ4v) is 2.01. The van der Waals surface area contributed by atoms with Gasteiger partial charge in [-0.3, -0.25) is 9.13 Å². The normalized spacial score (nSPS) is 17.6. The van der Waals surface area contributed by atoms with E-state index >= 15 is 0 Å². The minimum absolute atomic E-state index is 0.159. The van der Waals surface area contributed by atoms with E-state index in [1.807, 2.05) is 21.5 Å². The van der Waals surface area contributed by atoms with Gasteiger partial charge in [-0.05, 0) is 32.7 Å². The van der Waals surface area contributed by atoms with Gasteiger partial charge in [-0.25, -0.2) is 4.79 Å². The van der Waals surface area contributed by atoms with Crippen molar-refractivity contribution in [3.05, 3.63) is 22.9 Å². The van der Waals surface area contributed by atoms with E-state index in [0.29, 0.717) is 12.1 Å². The first kappa shape index (κ1) is 11.5. The third-order valence-electron chi connectivity index (χ3n) is 3.17. The molecule has 0 aromatic carbocycles. The average molecular weight is 223 g/mol. The summed E-state index contributed by atoms with van der Waals surface area (Å²) < 4.78 is 3.70. The summed E-state index contributed by atoms with van der Waals surface area (Å²) in [7, 11) is 0. The molecule has 1 saturated carbocycles. The second-order valence-corrected chi connectivity index (χ2v) is 4.66. The Bertz CT molecular complexity index is 389. The standard InChI is InChI=1S/C12H21N3O/c1-3-13-10(2)6-7-14-8-9-15(12(14)16)11-4-5-11/h8-11,13H,3-7H2,1-2H3. The SMILES string of the molecule is CCNC(C)CCn1ccn(C2CC2)c1=O. The van der Waals surface area contributed by atoms with E-state index in [4.69, 9.17) is 0 Å². The minimum Gasteiger partial charge on any atom is -0.314 e. The molecule has 0 spiro atoms. The molecule has 0 aliphatic heterocycles. The third kappa shape index (κ3) is 2.55. The van der Waals surface area contributed by atoms with Gasteiger partial charge < -0.3 is 5.32 Å². The van der Waals surface area contributed by atoms with Gasteiger partial charge in [0.15, 0.2) is 0 Å². The Hall–Kier alpha value is -1.03. The van der Waals surface area contributed by atoms with Crippen LogP contribution in [0.25, 0.3) is 0 Å². The monoisotopic (exact) mass is 223 g/mol. The fraction of sp³-hybridized carbons (Fsp3) is 0.750. The molecule has 4 heteroatoms. The fourth-order valence-electron chi connectivity index (χ4n) is 2.01. The van der Waals surface area contributed by atoms with Crippen LogP contribution in [0.4, 0.5) is 0 Å². The molecule has 1 fully saturated rings. The van der Waals surface area contributed by atoms with Crippen molar-refractivity contribution in [3.8, 4) is 0 Å². The van der Waals surface area contributed by atoms with Gasteiger partial charge in [0.2, 0.25) is 0 Å². The van der Waals surface area contributed by atoms with Crippen LogP contribution in [-0.2, 0) is 6.54 Å². The smallest absolute Gasteiger partial charge is 0.314 e. The van der Waals surface area contributed by atoms with Crippen LogP contribution in [0.1, 0.15) is 39.2 Å². The summed E-state index contributed by atoms with van der Waals surface area (Å²) >= 11 is 0. The van der Waals surface area contributed by atoms with Crippen LogP contribution in [-0.4, -0.2) is 21.7 Å². The summed E-state index contributed by atoms with van der Waals surface area (Å²) in [5.74, 6) is 0. The van der Waals surface area contributed by atoms with Gasteiger partial charge in [0.25, 0.3) is 0 Å². The number of aryl methyl sites for hydroxylation is 1. The van der Waals surface area contributed by atoms with Crippen molar-refractivity contribution < 1.29 is 0 Å². The molecule has 2 rings (SSSR count). The van der Waals surface area contributed by atoms with E-state index in [0.717, 1.165) is 32.4 Å². The molecular formula is C12H21N3O. The van der Waals surface area contributed by atoms with Crippen molar-refractivity contribution in [1.29, 1.82) is 0 Å². The van der Waals surface area contributed by atoms with Gasteiger partial charge in [0.1, 0.15) is 0 Å². The highest BCUT2D eigenvalue weighted by atomic mass is 16.1. The third-order valence-corrected chi connectivity index (χ3v) is 3.17. The van der Waals surface area contributed by atoms with Crippen molar-refractivity contribution >= 4 is 0 Å². The zero-order chi connectivity index (χ0) is 11.5. The Balaban J connectivity index is 1.92. The van der Waals surface area contributed by atoms with E-state index in [2.05, 4.69) is 19.2 Å². The number of hydrogen-bond acceptors (Lipinski definition) is 2. The highest BCUT2D eigenvalue weighted by Gasteiger charge is 2.25. The zero-order valence-electron chi connectivity index (χ0n) is 10.1. The quantitative estimate of drug-likeness (QED) is 0.791. The number of nitrogens with zero attached hydrogens (tertiary/aromatic N) is 2. The highest BCUT2D eigenvalue weighted by Crippen LogP contribution is 2.33. The molecule has 1 aromatic rings. The number of nitrogens with one attached hydrogen (secondary N) is 1. The molecule has 90 valence electrons. The summed E-state index contributed by atoms with van der Waals surface area (Å²) in [6.45, 7) is 6.06. The Kier molecular flexibility index (Phi) is 3.49. The Morgan fingerprint density at radius 3 is 2.88 bits per heavy atom. The van der Waals surface area contributed by atoms with Crippen LogP contribution in [0.5, 0.6) is 0 Å². The lowest BCUT2D eigenvalue weighted by molar-refractivity contribution is 0.478. The minimum atomic E-state index is 0.159. The number of hydrogen-bond donors (Lipinski definition) is 1. The molecule has 1 aliphatic rings. The van der Waals surface area contributed by atoms with Gasteiger partial charge in [-0.1, -0.05) is 6.92 Å². The van der Waals surface area contributed by atoms with Crippen LogP contribution in [0, 0.1) is 0 Å². The summed E-state index contributed by atoms with van der Waals surface area (Å²) in [4.78, 5) is 11.9. The lowest BCUT2D eigenvalue weighted by Gasteiger charge is -2.11. The largest absolute Gasteiger partial charge is 0.328 e. The first-order valence-electron chi connectivity index (χ1n) is 6.23. The maximum atomic E-state index is 11.9. The van der Waals surface area contributed by atoms with Crippen LogP contribution in [0.3, 0.4) is 0 Å². The molecule has 1 aliphatic carbocycles. The van der Waals surface area contributed by atoms with Crippen LogP contribution in [0.15, 0.2) is 17.2 Å². The lowest BCUT2D eigenvalue weighted by atomic mass is 10.2. The molecule has 1 heterocycles. The predicted molar refractivity (Wildman–Crippen MR) is 64.7 cm³/mol. The topological polar surface area (TPSA) is 39.0 Å². The van der Waals surface area contributed by atoms with Crippen molar-refractivity contribution in [2.24, 2.45) is 0 Å². The Morgan fingerprint density at radius 1 is 1.50 bits per heavy atom. The van der Waals surface area contributed by atoms with Gasteiger partial charge in [0, 0.05) is 31.0 Å². The maximum Gasteiger partial charge on any atom is 0.328 e. The average Bonchev–Trinajstić information content (AvgIpc) is 3.02. The predicted octanol–water partition coefficient (Wildman–Crippen LogP) is 1.37. The Labute approximate surface area is 96.3 Å². The highest BCUT2D eigenvalue weighted by molar-refractivity contribution is 4.91. The van der Waals surface area contributed by atoms with Crippen LogP contribution < -0.4 is 11.0 Å². The first-order valence-corrected chi connectivity index (χ1v) is 6.23. The first-order chi connectivity index (χ1) is 7.72. The number of imidazole rings is 1. The number of rotatable bonds is 6. The summed E-state index contributed by atoms with van der Waals surface area (Å²) in [5.41, 5.74) is 0.159. The second-order valence-electron chi connectivity index (χ2n) is 4.66. The van der Waals surface area contributed by atoms with Gasteiger partial charge in [0.05, 0.1) is 0 Å². The van der Waals surface area contributed by atoms with Crippen molar-refractivity contribution in [3.63, 3.8) is 0 Å². The molecule has 1 atom stereocenters. The Morgan fingerprint density at radius 2 is 2.25 bits per heavy atom. The molecule has 1 aromatic heterocycles. The lowest BCUT2D eigenvalue weighted by Crippen LogP contribution is -2.29. The molecular weight excluding hydrogens is 202 g/mol. The molecule has 1 N–H and O–H groups in total. The number of aromatic nitrogens is 2. The molecule has 0 saturated heterocycles. The van der Waals surface area contributed by atoms with Crippen LogP contribution >= 0.6 is 0 Å². The van der Waals surface area contributed by atoms with E-state index in [-0.39, 0.29) is 5.69 Å². The van der Waals surface area contributed by atoms with Crippen molar-refractivity contribution in [1.82, 2.24) is 14.5 Å². The molecule has 0 radical (unpaired) electrons. The maximum absolute atomic E-state index is 11.9. The van der Waals surface area contributed by atoms with Crippen molar-refractivity contribution in [2.75, 3.05) is 6.54 Å². The summed E-state index contributed by atoms with van der Waals surface area (Å²) in [5, 5.41) is 3.35. The summed E-state index contributed by atoms with van der Waals surface area (Å²) in [6, 6.07) is 0.959. The zero-order valence-corrected chi connectivity index (χ0v) is 10.1. The van der Waals surface area contributed by atoms with Crippen LogP contribution in [0.2, 0.25) is 0 Å². The van der Waals surface area contributed by atoms with E-state index < -0.39 is 0 Å². The van der Waals surface area contributed by atoms with E-state index in [9.17, 15) is 4.79 Å². The molecule has 1 unspecified atom stereocenters. The van der Waals surface area contributed by atoms with Gasteiger partial charge in [-0.15, -0.1) is 0 Å². The molecule has 0 amide bonds. The van der Waals surface area contributed by atoms with Crippen molar-refractivity contribution in [2.45, 2.75) is 51.7 Å². The molecule has 16 heavy (non-hydrogen) atoms. The summed E-state index contributed by atoms with van der Waals surface area (Å²) in [6.07, 6.45) is 7.18.